The van der Waals surface area contributed by atoms with Crippen LogP contribution in [0.5, 0.6) is 0 Å². The van der Waals surface area contributed by atoms with Crippen LogP contribution >= 0.6 is 15.9 Å². The second-order valence-electron chi connectivity index (χ2n) is 5.09. The summed E-state index contributed by atoms with van der Waals surface area (Å²) < 4.78 is 11.7. The molecule has 0 bridgehead atoms. The lowest BCUT2D eigenvalue weighted by Gasteiger charge is -2.19. The second-order valence-corrected chi connectivity index (χ2v) is 5.88. The van der Waals surface area contributed by atoms with Crippen LogP contribution in [0.4, 0.5) is 0 Å². The van der Waals surface area contributed by atoms with Crippen LogP contribution in [0.3, 0.4) is 0 Å². The molecule has 7 heteroatoms. The minimum absolute atomic E-state index is 0.415. The predicted octanol–water partition coefficient (Wildman–Crippen LogP) is 2.28. The molecule has 1 N–H and O–H groups in total. The number of nitrogens with one attached hydrogen (secondary N) is 1. The molecule has 0 amide bonds. The number of hydrogen-bond acceptors (Lipinski definition) is 6. The van der Waals surface area contributed by atoms with E-state index in [9.17, 15) is 0 Å². The van der Waals surface area contributed by atoms with Crippen LogP contribution in [0, 0.1) is 0 Å². The van der Waals surface area contributed by atoms with E-state index in [1.54, 1.807) is 12.1 Å². The predicted molar refractivity (Wildman–Crippen MR) is 77.1 cm³/mol. The van der Waals surface area contributed by atoms with E-state index in [0.29, 0.717) is 34.8 Å². The quantitative estimate of drug-likeness (QED) is 0.900. The average Bonchev–Trinajstić information content (AvgIpc) is 3.10. The van der Waals surface area contributed by atoms with Gasteiger partial charge in [0.2, 0.25) is 5.89 Å². The maximum absolute atomic E-state index is 5.62. The van der Waals surface area contributed by atoms with Crippen molar-refractivity contribution in [2.45, 2.75) is 25.4 Å². The van der Waals surface area contributed by atoms with E-state index in [-0.39, 0.29) is 0 Å². The van der Waals surface area contributed by atoms with Gasteiger partial charge in [-0.1, -0.05) is 0 Å². The molecule has 1 unspecified atom stereocenters. The van der Waals surface area contributed by atoms with Gasteiger partial charge >= 0.3 is 0 Å². The zero-order chi connectivity index (χ0) is 13.9. The third kappa shape index (κ3) is 3.28. The fourth-order valence-electron chi connectivity index (χ4n) is 2.43. The molecule has 1 atom stereocenters. The summed E-state index contributed by atoms with van der Waals surface area (Å²) in [6.45, 7) is 2.76. The lowest BCUT2D eigenvalue weighted by atomic mass is 10.2. The lowest BCUT2D eigenvalue weighted by molar-refractivity contribution is 0.265. The van der Waals surface area contributed by atoms with Crippen molar-refractivity contribution < 1.29 is 8.83 Å². The molecule has 0 spiro atoms. The first-order chi connectivity index (χ1) is 9.70. The molecule has 0 radical (unpaired) electrons. The van der Waals surface area contributed by atoms with E-state index in [1.165, 1.54) is 12.8 Å². The molecule has 20 heavy (non-hydrogen) atoms. The standard InChI is InChI=1S/C13H17BrN4O2/c1-18(7-9-3-2-6-15-9)8-12-16-17-13(20-12)10-4-5-11(14)19-10/h4-5,9,15H,2-3,6-8H2,1H3. The summed E-state index contributed by atoms with van der Waals surface area (Å²) in [5, 5.41) is 11.6. The van der Waals surface area contributed by atoms with Crippen molar-refractivity contribution in [1.82, 2.24) is 20.4 Å². The van der Waals surface area contributed by atoms with E-state index in [0.717, 1.165) is 13.1 Å². The number of hydrogen-bond donors (Lipinski definition) is 1. The Bertz CT molecular complexity index is 562. The van der Waals surface area contributed by atoms with E-state index < -0.39 is 0 Å². The van der Waals surface area contributed by atoms with Gasteiger partial charge in [-0.15, -0.1) is 10.2 Å². The van der Waals surface area contributed by atoms with E-state index in [1.807, 2.05) is 0 Å². The van der Waals surface area contributed by atoms with Gasteiger partial charge < -0.3 is 14.2 Å². The Morgan fingerprint density at radius 1 is 1.40 bits per heavy atom. The highest BCUT2D eigenvalue weighted by molar-refractivity contribution is 9.10. The maximum Gasteiger partial charge on any atom is 0.283 e. The summed E-state index contributed by atoms with van der Waals surface area (Å²) in [6.07, 6.45) is 2.50. The topological polar surface area (TPSA) is 67.3 Å². The molecular weight excluding hydrogens is 324 g/mol. The Morgan fingerprint density at radius 2 is 2.30 bits per heavy atom. The fraction of sp³-hybridized carbons (Fsp3) is 0.538. The third-order valence-electron chi connectivity index (χ3n) is 3.35. The summed E-state index contributed by atoms with van der Waals surface area (Å²) >= 11 is 3.25. The maximum atomic E-state index is 5.62. The minimum Gasteiger partial charge on any atom is -0.444 e. The Balaban J connectivity index is 1.59. The normalized spacial score (nSPS) is 19.1. The van der Waals surface area contributed by atoms with Crippen LogP contribution < -0.4 is 5.32 Å². The molecule has 1 aliphatic rings. The second kappa shape index (κ2) is 6.07. The number of nitrogens with zero attached hydrogens (tertiary/aromatic N) is 3. The van der Waals surface area contributed by atoms with Crippen LogP contribution in [-0.2, 0) is 6.54 Å². The number of aromatic nitrogens is 2. The van der Waals surface area contributed by atoms with Crippen molar-refractivity contribution in [3.63, 3.8) is 0 Å². The summed E-state index contributed by atoms with van der Waals surface area (Å²) in [5.41, 5.74) is 0. The molecule has 3 heterocycles. The van der Waals surface area contributed by atoms with E-state index in [2.05, 4.69) is 43.4 Å². The minimum atomic E-state index is 0.415. The van der Waals surface area contributed by atoms with Gasteiger partial charge in [0.05, 0.1) is 6.54 Å². The van der Waals surface area contributed by atoms with Gasteiger partial charge in [0, 0.05) is 12.6 Å². The zero-order valence-electron chi connectivity index (χ0n) is 11.3. The number of rotatable bonds is 5. The van der Waals surface area contributed by atoms with Crippen molar-refractivity contribution >= 4 is 15.9 Å². The lowest BCUT2D eigenvalue weighted by Crippen LogP contribution is -2.35. The number of likely N-dealkylation sites (N-methyl/N-ethyl adjacent to an activating group) is 1. The molecule has 108 valence electrons. The van der Waals surface area contributed by atoms with Crippen LogP contribution in [0.15, 0.2) is 25.6 Å². The Labute approximate surface area is 125 Å². The molecule has 1 aliphatic heterocycles. The Morgan fingerprint density at radius 3 is 3.00 bits per heavy atom. The van der Waals surface area contributed by atoms with Crippen LogP contribution in [0.1, 0.15) is 18.7 Å². The van der Waals surface area contributed by atoms with Gasteiger partial charge in [-0.25, -0.2) is 0 Å². The van der Waals surface area contributed by atoms with Gasteiger partial charge in [0.15, 0.2) is 10.4 Å². The first-order valence-corrected chi connectivity index (χ1v) is 7.50. The fourth-order valence-corrected chi connectivity index (χ4v) is 2.74. The SMILES string of the molecule is CN(Cc1nnc(-c2ccc(Br)o2)o1)CC1CCCN1. The summed E-state index contributed by atoms with van der Waals surface area (Å²) in [5.74, 6) is 1.60. The van der Waals surface area contributed by atoms with Crippen LogP contribution in [-0.4, -0.2) is 41.3 Å². The van der Waals surface area contributed by atoms with Crippen molar-refractivity contribution in [2.24, 2.45) is 0 Å². The Kier molecular flexibility index (Phi) is 4.18. The van der Waals surface area contributed by atoms with Gasteiger partial charge in [-0.2, -0.15) is 0 Å². The number of furan rings is 1. The van der Waals surface area contributed by atoms with E-state index in [4.69, 9.17) is 8.83 Å². The van der Waals surface area contributed by atoms with Crippen LogP contribution in [0.25, 0.3) is 11.7 Å². The summed E-state index contributed by atoms with van der Waals surface area (Å²) in [4.78, 5) is 2.19. The highest BCUT2D eigenvalue weighted by Crippen LogP contribution is 2.24. The largest absolute Gasteiger partial charge is 0.444 e. The smallest absolute Gasteiger partial charge is 0.283 e. The Hall–Kier alpha value is -1.18. The summed E-state index contributed by atoms with van der Waals surface area (Å²) in [6, 6.07) is 4.17. The van der Waals surface area contributed by atoms with Crippen molar-refractivity contribution in [3.05, 3.63) is 22.7 Å². The van der Waals surface area contributed by atoms with Crippen molar-refractivity contribution in [2.75, 3.05) is 20.1 Å². The molecule has 0 aliphatic carbocycles. The van der Waals surface area contributed by atoms with Crippen molar-refractivity contribution in [3.8, 4) is 11.7 Å². The third-order valence-corrected chi connectivity index (χ3v) is 3.78. The molecule has 1 fully saturated rings. The zero-order valence-corrected chi connectivity index (χ0v) is 12.9. The van der Waals surface area contributed by atoms with Gasteiger partial charge in [-0.05, 0) is 54.5 Å². The molecule has 6 nitrogen and oxygen atoms in total. The highest BCUT2D eigenvalue weighted by atomic mass is 79.9. The van der Waals surface area contributed by atoms with Gasteiger partial charge in [-0.3, -0.25) is 4.90 Å². The first-order valence-electron chi connectivity index (χ1n) is 6.71. The average molecular weight is 341 g/mol. The first kappa shape index (κ1) is 13.8. The van der Waals surface area contributed by atoms with Crippen LogP contribution in [0.2, 0.25) is 0 Å². The summed E-state index contributed by atoms with van der Waals surface area (Å²) in [7, 11) is 2.06. The monoisotopic (exact) mass is 340 g/mol. The number of halogens is 1. The van der Waals surface area contributed by atoms with Gasteiger partial charge in [0.1, 0.15) is 0 Å². The van der Waals surface area contributed by atoms with E-state index >= 15 is 0 Å². The molecular formula is C13H17BrN4O2. The molecule has 2 aromatic rings. The van der Waals surface area contributed by atoms with Crippen molar-refractivity contribution in [1.29, 1.82) is 0 Å². The molecule has 3 rings (SSSR count). The molecule has 1 saturated heterocycles. The highest BCUT2D eigenvalue weighted by Gasteiger charge is 2.18. The molecule has 0 saturated carbocycles. The molecule has 2 aromatic heterocycles. The molecule has 0 aromatic carbocycles. The van der Waals surface area contributed by atoms with Gasteiger partial charge in [0.25, 0.3) is 5.89 Å².